The van der Waals surface area contributed by atoms with Gasteiger partial charge in [-0.15, -0.1) is 6.58 Å². The van der Waals surface area contributed by atoms with E-state index in [0.717, 1.165) is 5.39 Å². The molecule has 1 amide bonds. The van der Waals surface area contributed by atoms with Gasteiger partial charge in [0.2, 0.25) is 0 Å². The summed E-state index contributed by atoms with van der Waals surface area (Å²) in [5, 5.41) is 12.5. The fourth-order valence-electron chi connectivity index (χ4n) is 2.34. The average Bonchev–Trinajstić information content (AvgIpc) is 2.90. The number of carboxylic acids is 1. The molecule has 2 aromatic rings. The van der Waals surface area contributed by atoms with Crippen LogP contribution in [0.3, 0.4) is 0 Å². The number of allylic oxidation sites excluding steroid dienone is 1. The second-order valence-electron chi connectivity index (χ2n) is 5.07. The number of amides is 1. The van der Waals surface area contributed by atoms with Crippen LogP contribution in [-0.4, -0.2) is 30.1 Å². The van der Waals surface area contributed by atoms with Crippen LogP contribution in [-0.2, 0) is 16.1 Å². The molecule has 0 saturated heterocycles. The zero-order chi connectivity index (χ0) is 16.8. The highest BCUT2D eigenvalue weighted by molar-refractivity contribution is 6.00. The van der Waals surface area contributed by atoms with Gasteiger partial charge in [0.1, 0.15) is 11.6 Å². The summed E-state index contributed by atoms with van der Waals surface area (Å²) in [4.78, 5) is 23.7. The Morgan fingerprint density at radius 2 is 2.17 bits per heavy atom. The zero-order valence-electron chi connectivity index (χ0n) is 12.9. The van der Waals surface area contributed by atoms with Crippen molar-refractivity contribution < 1.29 is 23.8 Å². The van der Waals surface area contributed by atoms with Crippen LogP contribution < -0.4 is 5.32 Å². The first-order valence-corrected chi connectivity index (χ1v) is 7.22. The third-order valence-electron chi connectivity index (χ3n) is 3.46. The van der Waals surface area contributed by atoms with Crippen LogP contribution in [0, 0.1) is 0 Å². The normalized spacial score (nSPS) is 12.0. The molecule has 0 aliphatic heterocycles. The minimum absolute atomic E-state index is 0.0814. The molecule has 1 unspecified atom stereocenters. The minimum Gasteiger partial charge on any atom is -0.480 e. The second kappa shape index (κ2) is 7.60. The Bertz CT molecular complexity index is 719. The lowest BCUT2D eigenvalue weighted by molar-refractivity contribution is -0.139. The lowest BCUT2D eigenvalue weighted by Crippen LogP contribution is -2.40. The highest BCUT2D eigenvalue weighted by Gasteiger charge is 2.25. The Balaban J connectivity index is 2.30. The molecule has 2 N–H and O–H groups in total. The van der Waals surface area contributed by atoms with Crippen molar-refractivity contribution in [3.8, 4) is 0 Å². The molecular weight excluding hydrogens is 298 g/mol. The van der Waals surface area contributed by atoms with Gasteiger partial charge in [-0.2, -0.15) is 0 Å². The number of carboxylic acid groups (broad SMARTS) is 1. The Morgan fingerprint density at radius 3 is 2.83 bits per heavy atom. The summed E-state index contributed by atoms with van der Waals surface area (Å²) >= 11 is 0. The molecule has 6 nitrogen and oxygen atoms in total. The van der Waals surface area contributed by atoms with Gasteiger partial charge in [-0.3, -0.25) is 4.79 Å². The molecule has 6 heteroatoms. The van der Waals surface area contributed by atoms with Crippen molar-refractivity contribution in [3.63, 3.8) is 0 Å². The number of carbonyl (C=O) groups is 2. The fourth-order valence-corrected chi connectivity index (χ4v) is 2.34. The molecule has 122 valence electrons. The highest BCUT2D eigenvalue weighted by atomic mass is 16.5. The van der Waals surface area contributed by atoms with Crippen LogP contribution in [0.4, 0.5) is 0 Å². The van der Waals surface area contributed by atoms with Gasteiger partial charge < -0.3 is 19.6 Å². The molecule has 0 fully saturated rings. The quantitative estimate of drug-likeness (QED) is 0.731. The molecule has 0 bridgehead atoms. The van der Waals surface area contributed by atoms with Crippen molar-refractivity contribution >= 4 is 22.8 Å². The van der Waals surface area contributed by atoms with Crippen molar-refractivity contribution in [3.05, 3.63) is 48.2 Å². The van der Waals surface area contributed by atoms with Gasteiger partial charge in [0, 0.05) is 18.1 Å². The number of hydrogen-bond donors (Lipinski definition) is 2. The van der Waals surface area contributed by atoms with E-state index in [1.54, 1.807) is 18.2 Å². The number of carbonyl (C=O) groups excluding carboxylic acids is 1. The topological polar surface area (TPSA) is 88.8 Å². The Hall–Kier alpha value is -2.60. The van der Waals surface area contributed by atoms with E-state index < -0.39 is 17.9 Å². The summed E-state index contributed by atoms with van der Waals surface area (Å²) in [5.41, 5.74) is 1.16. The molecular formula is C17H19NO5. The highest BCUT2D eigenvalue weighted by Crippen LogP contribution is 2.26. The van der Waals surface area contributed by atoms with Crippen molar-refractivity contribution in [2.24, 2.45) is 0 Å². The molecule has 23 heavy (non-hydrogen) atoms. The van der Waals surface area contributed by atoms with Gasteiger partial charge >= 0.3 is 5.97 Å². The maximum Gasteiger partial charge on any atom is 0.326 e. The number of ether oxygens (including phenoxy) is 1. The van der Waals surface area contributed by atoms with Crippen molar-refractivity contribution in [1.82, 2.24) is 5.32 Å². The summed E-state index contributed by atoms with van der Waals surface area (Å²) in [6, 6.07) is 6.22. The maximum atomic E-state index is 12.4. The number of aliphatic carboxylic acids is 1. The predicted molar refractivity (Wildman–Crippen MR) is 85.2 cm³/mol. The van der Waals surface area contributed by atoms with E-state index in [0.29, 0.717) is 17.6 Å². The molecule has 1 aromatic carbocycles. The maximum absolute atomic E-state index is 12.4. The lowest BCUT2D eigenvalue weighted by atomic mass is 10.1. The van der Waals surface area contributed by atoms with Gasteiger partial charge in [-0.05, 0) is 18.9 Å². The number of para-hydroxylation sites is 1. The first kappa shape index (κ1) is 16.8. The number of hydrogen-bond acceptors (Lipinski definition) is 4. The number of rotatable bonds is 8. The number of fused-ring (bicyclic) bond motifs is 1. The zero-order valence-corrected chi connectivity index (χ0v) is 12.9. The van der Waals surface area contributed by atoms with Crippen molar-refractivity contribution in [2.45, 2.75) is 25.5 Å². The van der Waals surface area contributed by atoms with E-state index in [2.05, 4.69) is 11.9 Å². The fraction of sp³-hybridized carbons (Fsp3) is 0.294. The molecule has 2 rings (SSSR count). The second-order valence-corrected chi connectivity index (χ2v) is 5.07. The summed E-state index contributed by atoms with van der Waals surface area (Å²) in [5.74, 6) is -1.58. The number of benzene rings is 1. The van der Waals surface area contributed by atoms with Crippen LogP contribution in [0.15, 0.2) is 41.3 Å². The van der Waals surface area contributed by atoms with Gasteiger partial charge in [-0.1, -0.05) is 24.3 Å². The molecule has 1 heterocycles. The van der Waals surface area contributed by atoms with E-state index in [9.17, 15) is 14.7 Å². The van der Waals surface area contributed by atoms with E-state index >= 15 is 0 Å². The summed E-state index contributed by atoms with van der Waals surface area (Å²) in [6.45, 7) is 3.75. The van der Waals surface area contributed by atoms with E-state index in [1.807, 2.05) is 12.1 Å². The van der Waals surface area contributed by atoms with Crippen LogP contribution in [0.25, 0.3) is 11.0 Å². The van der Waals surface area contributed by atoms with E-state index in [1.165, 1.54) is 7.11 Å². The lowest BCUT2D eigenvalue weighted by Gasteiger charge is -2.13. The molecule has 1 atom stereocenters. The van der Waals surface area contributed by atoms with Gasteiger partial charge in [0.05, 0.1) is 6.61 Å². The molecule has 0 aliphatic carbocycles. The predicted octanol–water partition coefficient (Wildman–Crippen LogP) is 2.73. The Labute approximate surface area is 133 Å². The molecule has 0 saturated carbocycles. The smallest absolute Gasteiger partial charge is 0.326 e. The third kappa shape index (κ3) is 3.78. The Kier molecular flexibility index (Phi) is 5.54. The number of nitrogens with one attached hydrogen (secondary N) is 1. The number of furan rings is 1. The largest absolute Gasteiger partial charge is 0.480 e. The molecule has 1 aromatic heterocycles. The van der Waals surface area contributed by atoms with Crippen LogP contribution in [0.1, 0.15) is 29.0 Å². The Morgan fingerprint density at radius 1 is 1.43 bits per heavy atom. The molecule has 0 aliphatic rings. The van der Waals surface area contributed by atoms with Gasteiger partial charge in [0.15, 0.2) is 5.76 Å². The first-order valence-electron chi connectivity index (χ1n) is 7.22. The minimum atomic E-state index is -1.09. The molecule has 0 radical (unpaired) electrons. The van der Waals surface area contributed by atoms with Crippen molar-refractivity contribution in [1.29, 1.82) is 0 Å². The summed E-state index contributed by atoms with van der Waals surface area (Å²) in [6.07, 6.45) is 2.37. The summed E-state index contributed by atoms with van der Waals surface area (Å²) < 4.78 is 10.7. The van der Waals surface area contributed by atoms with Crippen LogP contribution in [0.5, 0.6) is 0 Å². The van der Waals surface area contributed by atoms with E-state index in [4.69, 9.17) is 9.15 Å². The van der Waals surface area contributed by atoms with Crippen LogP contribution >= 0.6 is 0 Å². The van der Waals surface area contributed by atoms with Crippen molar-refractivity contribution in [2.75, 3.05) is 7.11 Å². The monoisotopic (exact) mass is 317 g/mol. The number of methoxy groups -OCH3 is 1. The first-order chi connectivity index (χ1) is 11.1. The average molecular weight is 317 g/mol. The molecule has 0 spiro atoms. The van der Waals surface area contributed by atoms with E-state index in [-0.39, 0.29) is 18.8 Å². The van der Waals surface area contributed by atoms with Crippen LogP contribution in [0.2, 0.25) is 0 Å². The van der Waals surface area contributed by atoms with Gasteiger partial charge in [-0.25, -0.2) is 4.79 Å². The van der Waals surface area contributed by atoms with Gasteiger partial charge in [0.25, 0.3) is 5.91 Å². The standard InChI is InChI=1S/C17H19NO5/c1-3-4-8-13(17(20)21)18-16(19)15-12(10-22-2)11-7-5-6-9-14(11)23-15/h3,5-7,9,13H,1,4,8,10H2,2H3,(H,18,19)(H,20,21). The summed E-state index contributed by atoms with van der Waals surface area (Å²) in [7, 11) is 1.52. The SMILES string of the molecule is C=CCCC(NC(=O)c1oc2ccccc2c1COC)C(=O)O. The third-order valence-corrected chi connectivity index (χ3v) is 3.46.